The molecule has 0 heterocycles. The van der Waals surface area contributed by atoms with E-state index >= 15 is 0 Å². The van der Waals surface area contributed by atoms with E-state index in [1.54, 1.807) is 0 Å². The van der Waals surface area contributed by atoms with Crippen LogP contribution in [0.4, 0.5) is 13.2 Å². The summed E-state index contributed by atoms with van der Waals surface area (Å²) in [6, 6.07) is 0. The zero-order valence-electron chi connectivity index (χ0n) is 7.42. The van der Waals surface area contributed by atoms with Crippen molar-refractivity contribution in [3.05, 3.63) is 0 Å². The molecule has 56 valence electrons. The van der Waals surface area contributed by atoms with Gasteiger partial charge in [-0.2, -0.15) is 13.2 Å². The minimum absolute atomic E-state index is 0.607. The van der Waals surface area contributed by atoms with Crippen molar-refractivity contribution in [3.8, 4) is 0 Å². The van der Waals surface area contributed by atoms with E-state index in [1.807, 2.05) is 0 Å². The summed E-state index contributed by atoms with van der Waals surface area (Å²) < 4.78 is 49.0. The van der Waals surface area contributed by atoms with Crippen LogP contribution in [0.1, 0.15) is 29.4 Å². The van der Waals surface area contributed by atoms with Crippen molar-refractivity contribution in [1.29, 1.82) is 0 Å². The van der Waals surface area contributed by atoms with E-state index in [-0.39, 0.29) is 0 Å². The van der Waals surface area contributed by atoms with Gasteiger partial charge in [0.05, 0.1) is 0 Å². The van der Waals surface area contributed by atoms with Crippen LogP contribution in [-0.2, 0) is 0 Å². The van der Waals surface area contributed by atoms with E-state index in [0.29, 0.717) is 0 Å². The highest BCUT2D eigenvalue weighted by atomic mass is 19.4. The summed E-state index contributed by atoms with van der Waals surface area (Å²) >= 11 is 0. The Labute approximate surface area is 55.9 Å². The molecule has 0 aliphatic heterocycles. The molecular formula is C6H11F3. The lowest BCUT2D eigenvalue weighted by molar-refractivity contribution is -0.137. The second-order valence-corrected chi connectivity index (χ2v) is 2.15. The number of hydrogen-bond donors (Lipinski definition) is 0. The Bertz CT molecular complexity index is 128. The molecule has 9 heavy (non-hydrogen) atoms. The molecule has 0 radical (unpaired) electrons. The highest BCUT2D eigenvalue weighted by molar-refractivity contribution is 4.52. The van der Waals surface area contributed by atoms with Crippen molar-refractivity contribution in [1.82, 2.24) is 0 Å². The van der Waals surface area contributed by atoms with Crippen molar-refractivity contribution >= 4 is 0 Å². The van der Waals surface area contributed by atoms with E-state index in [9.17, 15) is 13.2 Å². The highest BCUT2D eigenvalue weighted by Gasteiger charge is 2.26. The minimum atomic E-state index is -4.41. The van der Waals surface area contributed by atoms with Crippen LogP contribution in [0.15, 0.2) is 0 Å². The first-order valence-corrected chi connectivity index (χ1v) is 2.72. The van der Waals surface area contributed by atoms with Gasteiger partial charge >= 0.3 is 6.18 Å². The molecule has 0 rings (SSSR count). The van der Waals surface area contributed by atoms with Crippen LogP contribution in [-0.4, -0.2) is 6.18 Å². The summed E-state index contributed by atoms with van der Waals surface area (Å²) in [5.74, 6) is -0.607. The first-order chi connectivity index (χ1) is 4.65. The van der Waals surface area contributed by atoms with Gasteiger partial charge in [-0.05, 0) is 12.3 Å². The fourth-order valence-corrected chi connectivity index (χ4v) is 0.320. The molecule has 0 aromatic carbocycles. The van der Waals surface area contributed by atoms with Crippen LogP contribution in [0.5, 0.6) is 0 Å². The summed E-state index contributed by atoms with van der Waals surface area (Å²) in [6.45, 7) is 2.87. The Kier molecular flexibility index (Phi) is 1.91. The molecule has 0 aromatic rings. The van der Waals surface area contributed by atoms with Gasteiger partial charge in [-0.3, -0.25) is 0 Å². The molecule has 0 fully saturated rings. The molecule has 0 N–H and O–H groups in total. The zero-order chi connectivity index (χ0) is 9.28. The molecule has 0 saturated carbocycles. The van der Waals surface area contributed by atoms with Gasteiger partial charge < -0.3 is 0 Å². The first-order valence-electron chi connectivity index (χ1n) is 3.72. The van der Waals surface area contributed by atoms with E-state index in [2.05, 4.69) is 0 Å². The molecule has 0 aromatic heterocycles. The van der Waals surface area contributed by atoms with E-state index in [1.165, 1.54) is 13.8 Å². The number of rotatable bonds is 2. The molecule has 3 heteroatoms. The van der Waals surface area contributed by atoms with Gasteiger partial charge in [-0.25, -0.2) is 0 Å². The van der Waals surface area contributed by atoms with Gasteiger partial charge in [0.2, 0.25) is 0 Å². The lowest BCUT2D eigenvalue weighted by Crippen LogP contribution is -2.08. The summed E-state index contributed by atoms with van der Waals surface area (Å²) in [7, 11) is 0. The normalized spacial score (nSPS) is 17.6. The topological polar surface area (TPSA) is 0 Å². The molecule has 0 aliphatic rings. The lowest BCUT2D eigenvalue weighted by Gasteiger charge is -2.06. The van der Waals surface area contributed by atoms with Gasteiger partial charge in [0, 0.05) is 9.16 Å². The molecule has 0 saturated heterocycles. The number of alkyl halides is 3. The molecule has 0 nitrogen and oxygen atoms in total. The third kappa shape index (κ3) is 7.79. The van der Waals surface area contributed by atoms with Crippen molar-refractivity contribution in [2.45, 2.75) is 32.8 Å². The fraction of sp³-hybridized carbons (Fsp3) is 1.00. The Morgan fingerprint density at radius 3 is 2.00 bits per heavy atom. The second-order valence-electron chi connectivity index (χ2n) is 2.15. The predicted octanol–water partition coefficient (Wildman–Crippen LogP) is 2.98. The summed E-state index contributed by atoms with van der Waals surface area (Å²) in [5.41, 5.74) is 0. The van der Waals surface area contributed by atoms with Crippen LogP contribution < -0.4 is 0 Å². The molecule has 0 bridgehead atoms. The molecule has 0 spiro atoms. The third-order valence-corrected chi connectivity index (χ3v) is 0.711. The summed E-state index contributed by atoms with van der Waals surface area (Å²) in [6.07, 6.45) is -7.91. The maximum atomic E-state index is 11.7. The Balaban J connectivity index is 4.13. The van der Waals surface area contributed by atoms with E-state index in [4.69, 9.17) is 2.74 Å². The molecule has 0 aliphatic carbocycles. The Morgan fingerprint density at radius 1 is 1.44 bits per heavy atom. The largest absolute Gasteiger partial charge is 0.389 e. The quantitative estimate of drug-likeness (QED) is 0.556. The standard InChI is InChI=1S/C6H11F3/c1-5(2)3-4-6(7,8)9/h5H,3-4H2,1-2H3/i3D2. The highest BCUT2D eigenvalue weighted by Crippen LogP contribution is 2.23. The maximum Gasteiger partial charge on any atom is 0.389 e. The van der Waals surface area contributed by atoms with Crippen LogP contribution in [0.2, 0.25) is 0 Å². The van der Waals surface area contributed by atoms with Crippen LogP contribution in [0.25, 0.3) is 0 Å². The average Bonchev–Trinajstić information content (AvgIpc) is 1.56. The molecule has 0 amide bonds. The molecule has 0 atom stereocenters. The molecule has 0 unspecified atom stereocenters. The van der Waals surface area contributed by atoms with Gasteiger partial charge in [0.1, 0.15) is 0 Å². The molecular weight excluding hydrogens is 129 g/mol. The minimum Gasteiger partial charge on any atom is -0.171 e. The monoisotopic (exact) mass is 142 g/mol. The zero-order valence-corrected chi connectivity index (χ0v) is 5.42. The maximum absolute atomic E-state index is 11.7. The first kappa shape index (κ1) is 5.57. The predicted molar refractivity (Wildman–Crippen MR) is 30.1 cm³/mol. The van der Waals surface area contributed by atoms with Crippen molar-refractivity contribution in [2.24, 2.45) is 5.92 Å². The summed E-state index contributed by atoms with van der Waals surface area (Å²) in [5, 5.41) is 0. The van der Waals surface area contributed by atoms with Crippen molar-refractivity contribution < 1.29 is 15.9 Å². The lowest BCUT2D eigenvalue weighted by atomic mass is 10.1. The average molecular weight is 142 g/mol. The van der Waals surface area contributed by atoms with Crippen LogP contribution in [0, 0.1) is 5.92 Å². The fourth-order valence-electron chi connectivity index (χ4n) is 0.320. The Hall–Kier alpha value is -0.210. The van der Waals surface area contributed by atoms with Crippen molar-refractivity contribution in [3.63, 3.8) is 0 Å². The second kappa shape index (κ2) is 3.08. The van der Waals surface area contributed by atoms with Crippen LogP contribution >= 0.6 is 0 Å². The SMILES string of the molecule is [2H]C([2H])(CC(F)(F)F)C(C)C. The van der Waals surface area contributed by atoms with Crippen molar-refractivity contribution in [2.75, 3.05) is 0 Å². The Morgan fingerprint density at radius 2 is 1.89 bits per heavy atom. The van der Waals surface area contributed by atoms with Gasteiger partial charge in [-0.1, -0.05) is 13.8 Å². The van der Waals surface area contributed by atoms with Gasteiger partial charge in [0.25, 0.3) is 0 Å². The van der Waals surface area contributed by atoms with Gasteiger partial charge in [-0.15, -0.1) is 0 Å². The van der Waals surface area contributed by atoms with Gasteiger partial charge in [0.15, 0.2) is 0 Å². The third-order valence-electron chi connectivity index (χ3n) is 0.711. The number of halogens is 3. The summed E-state index contributed by atoms with van der Waals surface area (Å²) in [4.78, 5) is 0. The van der Waals surface area contributed by atoms with E-state index in [0.717, 1.165) is 0 Å². The number of hydrogen-bond acceptors (Lipinski definition) is 0. The van der Waals surface area contributed by atoms with E-state index < -0.39 is 24.9 Å². The smallest absolute Gasteiger partial charge is 0.171 e. The van der Waals surface area contributed by atoms with Crippen LogP contribution in [0.3, 0.4) is 0 Å².